The van der Waals surface area contributed by atoms with Crippen molar-refractivity contribution in [3.05, 3.63) is 38.6 Å². The van der Waals surface area contributed by atoms with Gasteiger partial charge in [-0.2, -0.15) is 0 Å². The summed E-state index contributed by atoms with van der Waals surface area (Å²) in [4.78, 5) is 5.53. The van der Waals surface area contributed by atoms with Crippen molar-refractivity contribution in [3.63, 3.8) is 0 Å². The number of halogens is 1. The van der Waals surface area contributed by atoms with Crippen LogP contribution in [0.5, 0.6) is 0 Å². The molecule has 0 aromatic carbocycles. The van der Waals surface area contributed by atoms with Gasteiger partial charge in [0, 0.05) is 10.9 Å². The molecule has 2 unspecified atom stereocenters. The molecule has 0 spiro atoms. The molecule has 92 valence electrons. The average molecular weight is 315 g/mol. The van der Waals surface area contributed by atoms with Crippen molar-refractivity contribution in [2.75, 3.05) is 0 Å². The first-order valence-electron chi connectivity index (χ1n) is 5.50. The summed E-state index contributed by atoms with van der Waals surface area (Å²) >= 11 is 5.22. The molecule has 5 heteroatoms. The maximum Gasteiger partial charge on any atom is 0.211 e. The van der Waals surface area contributed by atoms with Crippen LogP contribution in [-0.2, 0) is 0 Å². The van der Waals surface area contributed by atoms with Crippen molar-refractivity contribution in [1.82, 2.24) is 10.3 Å². The van der Waals surface area contributed by atoms with Gasteiger partial charge in [0.05, 0.1) is 16.0 Å². The number of hydrogen-bond acceptors (Lipinski definition) is 4. The molecule has 0 radical (unpaired) electrons. The van der Waals surface area contributed by atoms with Crippen LogP contribution in [-0.4, -0.2) is 4.98 Å². The zero-order valence-electron chi connectivity index (χ0n) is 10.0. The number of rotatable bonds is 4. The fourth-order valence-corrected chi connectivity index (χ4v) is 3.10. The van der Waals surface area contributed by atoms with Gasteiger partial charge in [-0.05, 0) is 48.8 Å². The normalized spacial score (nSPS) is 14.8. The van der Waals surface area contributed by atoms with Gasteiger partial charge >= 0.3 is 0 Å². The van der Waals surface area contributed by atoms with Gasteiger partial charge in [0.2, 0.25) is 5.89 Å². The molecule has 2 rings (SSSR count). The Balaban J connectivity index is 2.01. The Bertz CT molecular complexity index is 450. The van der Waals surface area contributed by atoms with Crippen LogP contribution in [0.25, 0.3) is 0 Å². The number of hydrogen-bond donors (Lipinski definition) is 1. The lowest BCUT2D eigenvalue weighted by Crippen LogP contribution is -2.22. The van der Waals surface area contributed by atoms with E-state index in [1.54, 1.807) is 17.5 Å². The highest BCUT2D eigenvalue weighted by Crippen LogP contribution is 2.28. The largest absolute Gasteiger partial charge is 0.444 e. The third kappa shape index (κ3) is 3.18. The maximum absolute atomic E-state index is 5.51. The average Bonchev–Trinajstić information content (AvgIpc) is 2.87. The summed E-state index contributed by atoms with van der Waals surface area (Å²) in [6, 6.07) is 4.59. The Kier molecular flexibility index (Phi) is 4.01. The molecule has 3 nitrogen and oxygen atoms in total. The highest BCUT2D eigenvalue weighted by atomic mass is 79.9. The Hall–Kier alpha value is -0.650. The highest BCUT2D eigenvalue weighted by Gasteiger charge is 2.16. The Morgan fingerprint density at radius 1 is 1.35 bits per heavy atom. The number of thiophene rings is 1. The van der Waals surface area contributed by atoms with E-state index in [1.807, 2.05) is 6.92 Å². The Labute approximate surface area is 113 Å². The molecule has 1 N–H and O–H groups in total. The topological polar surface area (TPSA) is 38.1 Å². The van der Waals surface area contributed by atoms with Gasteiger partial charge in [-0.1, -0.05) is 0 Å². The fraction of sp³-hybridized carbons (Fsp3) is 0.417. The molecule has 0 aliphatic rings. The van der Waals surface area contributed by atoms with Crippen LogP contribution in [0.3, 0.4) is 0 Å². The van der Waals surface area contributed by atoms with Crippen LogP contribution in [0, 0.1) is 6.92 Å². The van der Waals surface area contributed by atoms with E-state index >= 15 is 0 Å². The molecule has 0 aliphatic carbocycles. The second kappa shape index (κ2) is 5.33. The summed E-state index contributed by atoms with van der Waals surface area (Å²) in [5, 5.41) is 3.47. The summed E-state index contributed by atoms with van der Waals surface area (Å²) in [5.74, 6) is 1.59. The molecule has 0 saturated carbocycles. The van der Waals surface area contributed by atoms with Crippen molar-refractivity contribution < 1.29 is 4.42 Å². The summed E-state index contributed by atoms with van der Waals surface area (Å²) in [7, 11) is 0. The Morgan fingerprint density at radius 2 is 2.12 bits per heavy atom. The second-order valence-corrected chi connectivity index (χ2v) is 6.56. The number of oxazole rings is 1. The molecule has 0 amide bonds. The van der Waals surface area contributed by atoms with E-state index in [1.165, 1.54) is 4.88 Å². The summed E-state index contributed by atoms with van der Waals surface area (Å²) in [6.45, 7) is 6.11. The van der Waals surface area contributed by atoms with E-state index in [4.69, 9.17) is 4.42 Å². The smallest absolute Gasteiger partial charge is 0.211 e. The number of nitrogens with one attached hydrogen (secondary N) is 1. The third-order valence-corrected chi connectivity index (χ3v) is 4.34. The summed E-state index contributed by atoms with van der Waals surface area (Å²) in [6.07, 6.45) is 1.75. The second-order valence-electron chi connectivity index (χ2n) is 4.06. The van der Waals surface area contributed by atoms with Gasteiger partial charge in [0.25, 0.3) is 0 Å². The van der Waals surface area contributed by atoms with E-state index in [-0.39, 0.29) is 12.1 Å². The van der Waals surface area contributed by atoms with Crippen LogP contribution in [0.15, 0.2) is 26.5 Å². The standard InChI is InChI=1S/C12H15BrN2OS/c1-7-6-14-12(16-7)9(3)15-8(2)10-4-5-11(13)17-10/h4-6,8-9,15H,1-3H3. The molecule has 2 atom stereocenters. The molecule has 0 bridgehead atoms. The van der Waals surface area contributed by atoms with Gasteiger partial charge < -0.3 is 4.42 Å². The molecule has 2 aromatic rings. The first-order valence-corrected chi connectivity index (χ1v) is 7.11. The van der Waals surface area contributed by atoms with Gasteiger partial charge in [0.1, 0.15) is 5.76 Å². The zero-order valence-corrected chi connectivity index (χ0v) is 12.4. The number of aromatic nitrogens is 1. The first-order chi connectivity index (χ1) is 8.06. The highest BCUT2D eigenvalue weighted by molar-refractivity contribution is 9.11. The summed E-state index contributed by atoms with van der Waals surface area (Å²) in [5.41, 5.74) is 0. The van der Waals surface area contributed by atoms with Gasteiger partial charge in [-0.15, -0.1) is 11.3 Å². The lowest BCUT2D eigenvalue weighted by atomic mass is 10.2. The number of aryl methyl sites for hydroxylation is 1. The summed E-state index contributed by atoms with van der Waals surface area (Å²) < 4.78 is 6.66. The molecule has 17 heavy (non-hydrogen) atoms. The van der Waals surface area contributed by atoms with E-state index in [9.17, 15) is 0 Å². The fourth-order valence-electron chi connectivity index (χ4n) is 1.66. The van der Waals surface area contributed by atoms with Gasteiger partial charge in [-0.25, -0.2) is 4.98 Å². The SMILES string of the molecule is Cc1cnc(C(C)NC(C)c2ccc(Br)s2)o1. The molecule has 2 heterocycles. The van der Waals surface area contributed by atoms with E-state index in [0.29, 0.717) is 0 Å². The zero-order chi connectivity index (χ0) is 12.4. The Morgan fingerprint density at radius 3 is 2.65 bits per heavy atom. The van der Waals surface area contributed by atoms with Crippen LogP contribution >= 0.6 is 27.3 Å². The van der Waals surface area contributed by atoms with Crippen LogP contribution in [0.1, 0.15) is 42.5 Å². The van der Waals surface area contributed by atoms with Crippen LogP contribution < -0.4 is 5.32 Å². The molecule has 0 aliphatic heterocycles. The van der Waals surface area contributed by atoms with Crippen molar-refractivity contribution in [2.45, 2.75) is 32.9 Å². The lowest BCUT2D eigenvalue weighted by Gasteiger charge is -2.16. The van der Waals surface area contributed by atoms with Crippen LogP contribution in [0.4, 0.5) is 0 Å². The monoisotopic (exact) mass is 314 g/mol. The molecular weight excluding hydrogens is 300 g/mol. The molecular formula is C12H15BrN2OS. The maximum atomic E-state index is 5.51. The van der Waals surface area contributed by atoms with Crippen molar-refractivity contribution in [3.8, 4) is 0 Å². The van der Waals surface area contributed by atoms with E-state index in [0.717, 1.165) is 15.4 Å². The minimum Gasteiger partial charge on any atom is -0.444 e. The molecule has 2 aromatic heterocycles. The first kappa shape index (κ1) is 12.8. The minimum atomic E-state index is 0.111. The predicted octanol–water partition coefficient (Wildman–Crippen LogP) is 4.22. The van der Waals surface area contributed by atoms with Gasteiger partial charge in [-0.3, -0.25) is 5.32 Å². The van der Waals surface area contributed by atoms with Gasteiger partial charge in [0.15, 0.2) is 0 Å². The molecule has 0 saturated heterocycles. The van der Waals surface area contributed by atoms with E-state index < -0.39 is 0 Å². The predicted molar refractivity (Wildman–Crippen MR) is 73.2 cm³/mol. The van der Waals surface area contributed by atoms with Crippen molar-refractivity contribution >= 4 is 27.3 Å². The minimum absolute atomic E-state index is 0.111. The third-order valence-electron chi connectivity index (χ3n) is 2.53. The lowest BCUT2D eigenvalue weighted by molar-refractivity contribution is 0.382. The molecule has 0 fully saturated rings. The van der Waals surface area contributed by atoms with E-state index in [2.05, 4.69) is 52.2 Å². The quantitative estimate of drug-likeness (QED) is 0.918. The van der Waals surface area contributed by atoms with Crippen LogP contribution in [0.2, 0.25) is 0 Å². The number of nitrogens with zero attached hydrogens (tertiary/aromatic N) is 1. The van der Waals surface area contributed by atoms with Crippen molar-refractivity contribution in [1.29, 1.82) is 0 Å². The van der Waals surface area contributed by atoms with Crippen molar-refractivity contribution in [2.24, 2.45) is 0 Å².